The predicted molar refractivity (Wildman–Crippen MR) is 105 cm³/mol. The van der Waals surface area contributed by atoms with Gasteiger partial charge >= 0.3 is 0 Å². The second-order valence-corrected chi connectivity index (χ2v) is 8.43. The molecule has 0 saturated heterocycles. The Hall–Kier alpha value is -3.34. The molecule has 152 valence electrons. The van der Waals surface area contributed by atoms with Crippen LogP contribution in [-0.2, 0) is 4.79 Å². The molecule has 2 bridgehead atoms. The van der Waals surface area contributed by atoms with Crippen molar-refractivity contribution in [2.45, 2.75) is 31.7 Å². The highest BCUT2D eigenvalue weighted by atomic mass is 19.1. The van der Waals surface area contributed by atoms with E-state index in [1.807, 2.05) is 6.07 Å². The predicted octanol–water partition coefficient (Wildman–Crippen LogP) is 3.24. The summed E-state index contributed by atoms with van der Waals surface area (Å²) < 4.78 is 19.5. The molecule has 4 aliphatic rings. The van der Waals surface area contributed by atoms with Crippen molar-refractivity contribution >= 4 is 12.1 Å². The number of halogens is 1. The lowest BCUT2D eigenvalue weighted by Crippen LogP contribution is -2.36. The Morgan fingerprint density at radius 3 is 2.90 bits per heavy atom. The van der Waals surface area contributed by atoms with E-state index in [2.05, 4.69) is 15.1 Å². The van der Waals surface area contributed by atoms with Crippen molar-refractivity contribution in [3.8, 4) is 11.9 Å². The van der Waals surface area contributed by atoms with E-state index in [1.54, 1.807) is 24.5 Å². The Balaban J connectivity index is 1.23. The maximum absolute atomic E-state index is 13.6. The lowest BCUT2D eigenvalue weighted by Gasteiger charge is -2.38. The van der Waals surface area contributed by atoms with Crippen LogP contribution < -0.4 is 4.74 Å². The molecule has 30 heavy (non-hydrogen) atoms. The number of ether oxygens (including phenoxy) is 1. The van der Waals surface area contributed by atoms with Gasteiger partial charge < -0.3 is 4.74 Å². The smallest absolute Gasteiger partial charge is 0.246 e. The average molecular weight is 405 g/mol. The Kier molecular flexibility index (Phi) is 4.46. The minimum absolute atomic E-state index is 0.00103. The first-order valence-corrected chi connectivity index (χ1v) is 10.0. The van der Waals surface area contributed by atoms with E-state index in [0.29, 0.717) is 36.0 Å². The van der Waals surface area contributed by atoms with E-state index >= 15 is 0 Å². The highest BCUT2D eigenvalue weighted by Gasteiger charge is 2.59. The topological polar surface area (TPSA) is 91.5 Å². The van der Waals surface area contributed by atoms with Crippen LogP contribution in [0.1, 0.15) is 42.9 Å². The van der Waals surface area contributed by atoms with Crippen molar-refractivity contribution in [2.75, 3.05) is 6.61 Å². The van der Waals surface area contributed by atoms with Crippen LogP contribution in [0.15, 0.2) is 41.9 Å². The third-order valence-corrected chi connectivity index (χ3v) is 6.49. The van der Waals surface area contributed by atoms with Gasteiger partial charge in [-0.1, -0.05) is 0 Å². The molecule has 0 spiro atoms. The van der Waals surface area contributed by atoms with Gasteiger partial charge in [-0.3, -0.25) is 9.78 Å². The molecule has 0 N–H and O–H groups in total. The number of aromatic nitrogens is 2. The molecule has 1 aliphatic heterocycles. The van der Waals surface area contributed by atoms with Crippen LogP contribution in [0.3, 0.4) is 0 Å². The first-order valence-electron chi connectivity index (χ1n) is 10.0. The number of fused-ring (bicyclic) bond motifs is 1. The summed E-state index contributed by atoms with van der Waals surface area (Å²) in [6.45, 7) is 0.507. The van der Waals surface area contributed by atoms with Gasteiger partial charge in [0.15, 0.2) is 0 Å². The number of carbonyl (C=O) groups is 1. The highest BCUT2D eigenvalue weighted by Crippen LogP contribution is 2.62. The lowest BCUT2D eigenvalue weighted by molar-refractivity contribution is -0.138. The SMILES string of the molecule is N#Cc1ccc(OCC23CC(C2)[C@@H](C(=O)N2N=CCC2c2cncc(F)c2)C3)nc1. The quantitative estimate of drug-likeness (QED) is 0.762. The summed E-state index contributed by atoms with van der Waals surface area (Å²) in [5.74, 6) is 0.310. The molecule has 1 unspecified atom stereocenters. The Morgan fingerprint density at radius 2 is 2.17 bits per heavy atom. The van der Waals surface area contributed by atoms with Gasteiger partial charge in [0.2, 0.25) is 11.8 Å². The monoisotopic (exact) mass is 405 g/mol. The molecule has 1 amide bonds. The molecule has 2 atom stereocenters. The summed E-state index contributed by atoms with van der Waals surface area (Å²) in [7, 11) is 0. The minimum Gasteiger partial charge on any atom is -0.477 e. The summed E-state index contributed by atoms with van der Waals surface area (Å²) in [4.78, 5) is 21.3. The van der Waals surface area contributed by atoms with Gasteiger partial charge in [0, 0.05) is 42.4 Å². The van der Waals surface area contributed by atoms with E-state index in [0.717, 1.165) is 25.5 Å². The van der Waals surface area contributed by atoms with Crippen LogP contribution in [0.5, 0.6) is 5.88 Å². The first kappa shape index (κ1) is 18.7. The molecular weight excluding hydrogens is 385 g/mol. The number of amides is 1. The first-order chi connectivity index (χ1) is 14.6. The number of nitriles is 1. The number of pyridine rings is 2. The van der Waals surface area contributed by atoms with Gasteiger partial charge in [-0.15, -0.1) is 0 Å². The fourth-order valence-electron chi connectivity index (χ4n) is 5.04. The summed E-state index contributed by atoms with van der Waals surface area (Å²) in [6, 6.07) is 6.53. The number of hydrazone groups is 1. The second-order valence-electron chi connectivity index (χ2n) is 8.43. The van der Waals surface area contributed by atoms with Crippen LogP contribution in [0.25, 0.3) is 0 Å². The molecule has 6 rings (SSSR count). The van der Waals surface area contributed by atoms with Crippen LogP contribution in [-0.4, -0.2) is 33.7 Å². The van der Waals surface area contributed by atoms with Crippen molar-refractivity contribution in [1.29, 1.82) is 5.26 Å². The number of nitrogens with zero attached hydrogens (tertiary/aromatic N) is 5. The zero-order valence-electron chi connectivity index (χ0n) is 16.2. The highest BCUT2D eigenvalue weighted by molar-refractivity contribution is 5.83. The minimum atomic E-state index is -0.414. The summed E-state index contributed by atoms with van der Waals surface area (Å²) in [5.41, 5.74) is 1.14. The van der Waals surface area contributed by atoms with Crippen molar-refractivity contribution in [1.82, 2.24) is 15.0 Å². The maximum atomic E-state index is 13.6. The second kappa shape index (κ2) is 7.17. The molecule has 0 radical (unpaired) electrons. The third-order valence-electron chi connectivity index (χ3n) is 6.49. The van der Waals surface area contributed by atoms with Gasteiger partial charge in [0.25, 0.3) is 0 Å². The van der Waals surface area contributed by atoms with Crippen LogP contribution in [0.2, 0.25) is 0 Å². The molecule has 3 fully saturated rings. The van der Waals surface area contributed by atoms with E-state index in [4.69, 9.17) is 10.00 Å². The van der Waals surface area contributed by atoms with Crippen molar-refractivity contribution in [3.63, 3.8) is 0 Å². The van der Waals surface area contributed by atoms with Gasteiger partial charge in [0.1, 0.15) is 11.9 Å². The molecule has 3 saturated carbocycles. The molecule has 3 heterocycles. The van der Waals surface area contributed by atoms with Gasteiger partial charge in [-0.05, 0) is 42.9 Å². The molecule has 0 aromatic carbocycles. The standard InChI is InChI=1S/C22H20FN5O2/c23-17-5-15(11-25-12-17)19-3-4-27-28(19)21(29)18-8-22(6-16(18)7-22)13-30-20-2-1-14(9-24)10-26-20/h1-2,4-5,10-12,16,18-19H,3,6-8,13H2/t16?,18-,19?,22?/m0/s1. The average Bonchev–Trinajstić information content (AvgIpc) is 3.45. The maximum Gasteiger partial charge on any atom is 0.246 e. The number of hydrogen-bond acceptors (Lipinski definition) is 6. The van der Waals surface area contributed by atoms with Crippen molar-refractivity contribution < 1.29 is 13.9 Å². The van der Waals surface area contributed by atoms with E-state index in [1.165, 1.54) is 17.3 Å². The van der Waals surface area contributed by atoms with Crippen LogP contribution >= 0.6 is 0 Å². The van der Waals surface area contributed by atoms with Gasteiger partial charge in [0.05, 0.1) is 24.4 Å². The molecular formula is C22H20FN5O2. The van der Waals surface area contributed by atoms with Crippen molar-refractivity contribution in [2.24, 2.45) is 22.4 Å². The Labute approximate surface area is 173 Å². The fourth-order valence-corrected chi connectivity index (χ4v) is 5.04. The number of hydrogen-bond donors (Lipinski definition) is 0. The van der Waals surface area contributed by atoms with E-state index in [-0.39, 0.29) is 23.3 Å². The summed E-state index contributed by atoms with van der Waals surface area (Å²) in [5, 5.41) is 14.7. The van der Waals surface area contributed by atoms with Crippen molar-refractivity contribution in [3.05, 3.63) is 53.7 Å². The zero-order valence-corrected chi connectivity index (χ0v) is 16.2. The summed E-state index contributed by atoms with van der Waals surface area (Å²) in [6.07, 6.45) is 9.17. The molecule has 8 heteroatoms. The van der Waals surface area contributed by atoms with Gasteiger partial charge in [-0.25, -0.2) is 14.4 Å². The molecule has 2 aromatic rings. The Morgan fingerprint density at radius 1 is 1.30 bits per heavy atom. The normalized spacial score (nSPS) is 28.8. The van der Waals surface area contributed by atoms with E-state index in [9.17, 15) is 9.18 Å². The number of rotatable bonds is 5. The van der Waals surface area contributed by atoms with E-state index < -0.39 is 5.82 Å². The largest absolute Gasteiger partial charge is 0.477 e. The number of carbonyl (C=O) groups excluding carboxylic acids is 1. The fraction of sp³-hybridized carbons (Fsp3) is 0.409. The van der Waals surface area contributed by atoms with Crippen LogP contribution in [0, 0.1) is 34.4 Å². The van der Waals surface area contributed by atoms with Gasteiger partial charge in [-0.2, -0.15) is 10.4 Å². The Bertz CT molecular complexity index is 1040. The molecule has 7 nitrogen and oxygen atoms in total. The molecule has 2 aromatic heterocycles. The third kappa shape index (κ3) is 3.20. The zero-order chi connectivity index (χ0) is 20.7. The van der Waals surface area contributed by atoms with Crippen LogP contribution in [0.4, 0.5) is 4.39 Å². The lowest BCUT2D eigenvalue weighted by atomic mass is 9.70. The molecule has 3 aliphatic carbocycles. The summed E-state index contributed by atoms with van der Waals surface area (Å²) >= 11 is 0.